The van der Waals surface area contributed by atoms with Crippen LogP contribution in [0, 0.1) is 0 Å². The summed E-state index contributed by atoms with van der Waals surface area (Å²) < 4.78 is 0. The molecule has 0 aliphatic carbocycles. The molecule has 0 fully saturated rings. The van der Waals surface area contributed by atoms with Crippen molar-refractivity contribution in [2.45, 2.75) is 6.42 Å². The lowest BCUT2D eigenvalue weighted by Crippen LogP contribution is -2.26. The maximum Gasteiger partial charge on any atom is 0.269 e. The quantitative estimate of drug-likeness (QED) is 0.730. The van der Waals surface area contributed by atoms with Crippen LogP contribution >= 0.6 is 23.2 Å². The van der Waals surface area contributed by atoms with E-state index in [-0.39, 0.29) is 5.91 Å². The van der Waals surface area contributed by atoms with Crippen LogP contribution in [0.5, 0.6) is 0 Å². The predicted molar refractivity (Wildman–Crippen MR) is 92.1 cm³/mol. The number of hydrogen-bond donors (Lipinski definition) is 2. The highest BCUT2D eigenvalue weighted by molar-refractivity contribution is 6.30. The van der Waals surface area contributed by atoms with Crippen LogP contribution in [0.25, 0.3) is 11.4 Å². The fraction of sp³-hybridized carbons (Fsp3) is 0.125. The van der Waals surface area contributed by atoms with Crippen LogP contribution in [0.1, 0.15) is 16.3 Å². The van der Waals surface area contributed by atoms with Gasteiger partial charge in [-0.05, 0) is 36.4 Å². The Morgan fingerprint density at radius 1 is 1.08 bits per heavy atom. The molecule has 2 heterocycles. The summed E-state index contributed by atoms with van der Waals surface area (Å²) in [5.74, 6) is 1.01. The molecule has 3 rings (SSSR count). The number of amides is 1. The Hall–Kier alpha value is -2.44. The summed E-state index contributed by atoms with van der Waals surface area (Å²) in [5.41, 5.74) is 1.19. The number of rotatable bonds is 5. The van der Waals surface area contributed by atoms with Gasteiger partial charge in [-0.2, -0.15) is 5.10 Å². The molecule has 8 heteroatoms. The van der Waals surface area contributed by atoms with E-state index >= 15 is 0 Å². The van der Waals surface area contributed by atoms with Crippen molar-refractivity contribution in [2.75, 3.05) is 6.54 Å². The average molecular weight is 362 g/mol. The minimum Gasteiger partial charge on any atom is -0.350 e. The van der Waals surface area contributed by atoms with Gasteiger partial charge in [0.25, 0.3) is 5.91 Å². The Labute approximate surface area is 148 Å². The first kappa shape index (κ1) is 16.4. The third-order valence-electron chi connectivity index (χ3n) is 3.24. The molecule has 0 spiro atoms. The van der Waals surface area contributed by atoms with Gasteiger partial charge < -0.3 is 5.32 Å². The lowest BCUT2D eigenvalue weighted by Gasteiger charge is -2.03. The molecule has 0 aliphatic heterocycles. The highest BCUT2D eigenvalue weighted by Gasteiger charge is 2.08. The fourth-order valence-corrected chi connectivity index (χ4v) is 2.27. The number of carbonyl (C=O) groups is 1. The molecule has 0 radical (unpaired) electrons. The van der Waals surface area contributed by atoms with E-state index in [1.807, 2.05) is 12.1 Å². The normalized spacial score (nSPS) is 10.6. The van der Waals surface area contributed by atoms with Gasteiger partial charge >= 0.3 is 0 Å². The van der Waals surface area contributed by atoms with Gasteiger partial charge in [0.05, 0.1) is 5.02 Å². The Bertz CT molecular complexity index is 830. The molecule has 0 bridgehead atoms. The summed E-state index contributed by atoms with van der Waals surface area (Å²) in [7, 11) is 0. The number of H-pyrrole nitrogens is 1. The molecule has 6 nitrogen and oxygen atoms in total. The van der Waals surface area contributed by atoms with Gasteiger partial charge in [0.1, 0.15) is 11.5 Å². The summed E-state index contributed by atoms with van der Waals surface area (Å²) in [5, 5.41) is 10.9. The molecule has 0 saturated heterocycles. The zero-order chi connectivity index (χ0) is 16.9. The molecule has 3 aromatic rings. The monoisotopic (exact) mass is 361 g/mol. The zero-order valence-electron chi connectivity index (χ0n) is 12.5. The predicted octanol–water partition coefficient (Wildman–Crippen LogP) is 3.15. The fourth-order valence-electron chi connectivity index (χ4n) is 2.03. The van der Waals surface area contributed by atoms with Gasteiger partial charge in [-0.1, -0.05) is 23.2 Å². The second kappa shape index (κ2) is 7.42. The summed E-state index contributed by atoms with van der Waals surface area (Å²) >= 11 is 11.6. The molecule has 24 heavy (non-hydrogen) atoms. The number of nitrogens with zero attached hydrogens (tertiary/aromatic N) is 3. The van der Waals surface area contributed by atoms with Gasteiger partial charge in [-0.15, -0.1) is 0 Å². The van der Waals surface area contributed by atoms with Crippen molar-refractivity contribution in [3.05, 3.63) is 64.2 Å². The number of hydrogen-bond acceptors (Lipinski definition) is 4. The molecule has 1 amide bonds. The number of carbonyl (C=O) groups excluding carboxylic acids is 1. The molecular formula is C16H13Cl2N5O. The topological polar surface area (TPSA) is 83.6 Å². The van der Waals surface area contributed by atoms with Gasteiger partial charge in [-0.25, -0.2) is 9.97 Å². The van der Waals surface area contributed by atoms with Crippen molar-refractivity contribution in [1.82, 2.24) is 25.5 Å². The highest BCUT2D eigenvalue weighted by Crippen LogP contribution is 2.17. The maximum absolute atomic E-state index is 11.9. The number of aromatic nitrogens is 4. The number of halogens is 2. The molecule has 0 unspecified atom stereocenters. The number of benzene rings is 1. The van der Waals surface area contributed by atoms with Crippen LogP contribution in [0.2, 0.25) is 10.0 Å². The first-order chi connectivity index (χ1) is 11.6. The molecule has 2 aromatic heterocycles. The summed E-state index contributed by atoms with van der Waals surface area (Å²) in [6.45, 7) is 0.415. The van der Waals surface area contributed by atoms with E-state index in [0.717, 1.165) is 5.56 Å². The van der Waals surface area contributed by atoms with Crippen molar-refractivity contribution in [1.29, 1.82) is 0 Å². The molecule has 2 N–H and O–H groups in total. The van der Waals surface area contributed by atoms with Crippen molar-refractivity contribution in [3.8, 4) is 11.4 Å². The van der Waals surface area contributed by atoms with E-state index < -0.39 is 0 Å². The van der Waals surface area contributed by atoms with E-state index in [1.165, 1.54) is 6.20 Å². The van der Waals surface area contributed by atoms with Crippen molar-refractivity contribution < 1.29 is 4.79 Å². The van der Waals surface area contributed by atoms with E-state index in [4.69, 9.17) is 23.2 Å². The van der Waals surface area contributed by atoms with E-state index in [0.29, 0.717) is 40.4 Å². The number of aromatic amines is 1. The molecule has 1 aromatic carbocycles. The van der Waals surface area contributed by atoms with Gasteiger partial charge in [0.2, 0.25) is 0 Å². The average Bonchev–Trinajstić information content (AvgIpc) is 3.05. The van der Waals surface area contributed by atoms with Crippen LogP contribution in [0.3, 0.4) is 0 Å². The van der Waals surface area contributed by atoms with Gasteiger partial charge in [0, 0.05) is 29.7 Å². The standard InChI is InChI=1S/C16H13Cl2N5O/c17-11-3-1-10(2-4-11)15-21-14(22-23-15)7-8-19-16(24)13-6-5-12(18)9-20-13/h1-6,9H,7-8H2,(H,19,24)(H,21,22,23). The lowest BCUT2D eigenvalue weighted by molar-refractivity contribution is 0.0949. The SMILES string of the molecule is O=C(NCCc1nc(-c2ccc(Cl)cc2)n[nH]1)c1ccc(Cl)cn1. The summed E-state index contributed by atoms with van der Waals surface area (Å²) in [6.07, 6.45) is 1.96. The van der Waals surface area contributed by atoms with E-state index in [2.05, 4.69) is 25.5 Å². The maximum atomic E-state index is 11.9. The minimum absolute atomic E-state index is 0.260. The molecule has 0 aliphatic rings. The Morgan fingerprint density at radius 2 is 1.83 bits per heavy atom. The molecule has 0 atom stereocenters. The third-order valence-corrected chi connectivity index (χ3v) is 3.72. The first-order valence-corrected chi connectivity index (χ1v) is 7.94. The van der Waals surface area contributed by atoms with Crippen LogP contribution < -0.4 is 5.32 Å². The second-order valence-electron chi connectivity index (χ2n) is 4.98. The number of pyridine rings is 1. The highest BCUT2D eigenvalue weighted by atomic mass is 35.5. The van der Waals surface area contributed by atoms with E-state index in [1.54, 1.807) is 24.3 Å². The Kier molecular flexibility index (Phi) is 5.08. The van der Waals surface area contributed by atoms with Crippen LogP contribution in [-0.4, -0.2) is 32.6 Å². The van der Waals surface area contributed by atoms with Crippen LogP contribution in [0.15, 0.2) is 42.6 Å². The van der Waals surface area contributed by atoms with Gasteiger partial charge in [-0.3, -0.25) is 9.89 Å². The first-order valence-electron chi connectivity index (χ1n) is 7.19. The molecule has 122 valence electrons. The Balaban J connectivity index is 1.55. The second-order valence-corrected chi connectivity index (χ2v) is 5.85. The van der Waals surface area contributed by atoms with Gasteiger partial charge in [0.15, 0.2) is 5.82 Å². The number of nitrogens with one attached hydrogen (secondary N) is 2. The largest absolute Gasteiger partial charge is 0.350 e. The van der Waals surface area contributed by atoms with Crippen molar-refractivity contribution in [2.24, 2.45) is 0 Å². The zero-order valence-corrected chi connectivity index (χ0v) is 14.0. The molecule has 0 saturated carbocycles. The summed E-state index contributed by atoms with van der Waals surface area (Å²) in [4.78, 5) is 20.3. The Morgan fingerprint density at radius 3 is 2.54 bits per heavy atom. The molecular weight excluding hydrogens is 349 g/mol. The van der Waals surface area contributed by atoms with Crippen molar-refractivity contribution in [3.63, 3.8) is 0 Å². The smallest absolute Gasteiger partial charge is 0.269 e. The van der Waals surface area contributed by atoms with E-state index in [9.17, 15) is 4.79 Å². The van der Waals surface area contributed by atoms with Crippen LogP contribution in [0.4, 0.5) is 0 Å². The third kappa shape index (κ3) is 4.10. The minimum atomic E-state index is -0.260. The van der Waals surface area contributed by atoms with Crippen LogP contribution in [-0.2, 0) is 6.42 Å². The lowest BCUT2D eigenvalue weighted by atomic mass is 10.2. The summed E-state index contributed by atoms with van der Waals surface area (Å²) in [6, 6.07) is 10.5. The van der Waals surface area contributed by atoms with Crippen molar-refractivity contribution >= 4 is 29.1 Å².